The predicted octanol–water partition coefficient (Wildman–Crippen LogP) is 2.96. The van der Waals surface area contributed by atoms with Gasteiger partial charge < -0.3 is 5.11 Å². The number of Topliss-reactive ketones (excluding diaryl/α,β-unsaturated/α-hetero) is 1. The molecule has 0 fully saturated rings. The van der Waals surface area contributed by atoms with Crippen molar-refractivity contribution in [1.82, 2.24) is 0 Å². The number of hydrogen-bond acceptors (Lipinski definition) is 2. The van der Waals surface area contributed by atoms with Crippen molar-refractivity contribution in [1.29, 1.82) is 0 Å². The van der Waals surface area contributed by atoms with E-state index in [0.29, 0.717) is 13.6 Å². The van der Waals surface area contributed by atoms with E-state index < -0.39 is 0 Å². The number of carbonyl (C=O) groups is 1. The second-order valence-corrected chi connectivity index (χ2v) is 4.19. The second-order valence-electron chi connectivity index (χ2n) is 2.32. The molecule has 1 aromatic carbocycles. The molecule has 4 heteroatoms. The highest BCUT2D eigenvalue weighted by atomic mass is 127. The number of phenols is 1. The molecule has 0 heterocycles. The van der Waals surface area contributed by atoms with Gasteiger partial charge in [-0.1, -0.05) is 0 Å². The van der Waals surface area contributed by atoms with E-state index in [1.807, 2.05) is 22.6 Å². The van der Waals surface area contributed by atoms with Gasteiger partial charge in [-0.15, -0.1) is 0 Å². The van der Waals surface area contributed by atoms with E-state index >= 15 is 0 Å². The van der Waals surface area contributed by atoms with Crippen LogP contribution in [0.3, 0.4) is 0 Å². The zero-order chi connectivity index (χ0) is 9.30. The van der Waals surface area contributed by atoms with Gasteiger partial charge in [0, 0.05) is 10.0 Å². The minimum absolute atomic E-state index is 0.0141. The molecule has 2 nitrogen and oxygen atoms in total. The first-order chi connectivity index (χ1) is 5.54. The average Bonchev–Trinajstić information content (AvgIpc) is 2.00. The van der Waals surface area contributed by atoms with Gasteiger partial charge in [0.15, 0.2) is 5.78 Å². The molecule has 0 saturated carbocycles. The Morgan fingerprint density at radius 1 is 1.58 bits per heavy atom. The fourth-order valence-corrected chi connectivity index (χ4v) is 1.90. The summed E-state index contributed by atoms with van der Waals surface area (Å²) in [5, 5.41) is 9.26. The molecule has 0 aromatic heterocycles. The van der Waals surface area contributed by atoms with E-state index in [0.717, 1.165) is 0 Å². The number of halogens is 2. The Morgan fingerprint density at radius 3 is 2.67 bits per heavy atom. The highest BCUT2D eigenvalue weighted by Crippen LogP contribution is 2.30. The maximum absolute atomic E-state index is 11.0. The SMILES string of the molecule is CC(=O)c1ccc(O)c(I)c1Br. The van der Waals surface area contributed by atoms with Crippen molar-refractivity contribution in [2.24, 2.45) is 0 Å². The van der Waals surface area contributed by atoms with E-state index in [2.05, 4.69) is 15.9 Å². The van der Waals surface area contributed by atoms with Crippen LogP contribution in [-0.2, 0) is 0 Å². The van der Waals surface area contributed by atoms with Crippen molar-refractivity contribution >= 4 is 44.3 Å². The quantitative estimate of drug-likeness (QED) is 0.630. The smallest absolute Gasteiger partial charge is 0.160 e. The Bertz CT molecular complexity index is 336. The fourth-order valence-electron chi connectivity index (χ4n) is 0.811. The van der Waals surface area contributed by atoms with Crippen LogP contribution in [-0.4, -0.2) is 10.9 Å². The molecule has 0 amide bonds. The first kappa shape index (κ1) is 9.98. The van der Waals surface area contributed by atoms with Crippen molar-refractivity contribution in [3.63, 3.8) is 0 Å². The highest BCUT2D eigenvalue weighted by molar-refractivity contribution is 14.1. The molecule has 0 aliphatic heterocycles. The van der Waals surface area contributed by atoms with E-state index in [9.17, 15) is 9.90 Å². The second kappa shape index (κ2) is 3.74. The maximum atomic E-state index is 11.0. The molecule has 0 radical (unpaired) electrons. The van der Waals surface area contributed by atoms with Crippen molar-refractivity contribution in [2.45, 2.75) is 6.92 Å². The normalized spacial score (nSPS) is 9.92. The standard InChI is InChI=1S/C8H6BrIO2/c1-4(11)5-2-3-6(12)8(10)7(5)9/h2-3,12H,1H3. The first-order valence-corrected chi connectivity index (χ1v) is 5.09. The lowest BCUT2D eigenvalue weighted by Gasteiger charge is -2.03. The Kier molecular flexibility index (Phi) is 3.11. The van der Waals surface area contributed by atoms with Crippen LogP contribution in [0, 0.1) is 3.57 Å². The molecular formula is C8H6BrIO2. The van der Waals surface area contributed by atoms with Gasteiger partial charge in [0.1, 0.15) is 5.75 Å². The lowest BCUT2D eigenvalue weighted by molar-refractivity contribution is 0.101. The summed E-state index contributed by atoms with van der Waals surface area (Å²) < 4.78 is 1.33. The van der Waals surface area contributed by atoms with Crippen LogP contribution in [0.25, 0.3) is 0 Å². The first-order valence-electron chi connectivity index (χ1n) is 3.22. The largest absolute Gasteiger partial charge is 0.507 e. The summed E-state index contributed by atoms with van der Waals surface area (Å²) in [6.07, 6.45) is 0. The number of ketones is 1. The maximum Gasteiger partial charge on any atom is 0.160 e. The van der Waals surface area contributed by atoms with Gasteiger partial charge in [-0.2, -0.15) is 0 Å². The summed E-state index contributed by atoms with van der Waals surface area (Å²) in [7, 11) is 0. The summed E-state index contributed by atoms with van der Waals surface area (Å²) in [5.74, 6) is 0.173. The van der Waals surface area contributed by atoms with Crippen molar-refractivity contribution < 1.29 is 9.90 Å². The molecule has 0 aliphatic rings. The van der Waals surface area contributed by atoms with Gasteiger partial charge in [0.2, 0.25) is 0 Å². The molecule has 12 heavy (non-hydrogen) atoms. The molecule has 0 aliphatic carbocycles. The van der Waals surface area contributed by atoms with Gasteiger partial charge in [0.05, 0.1) is 3.57 Å². The molecule has 0 saturated heterocycles. The Labute approximate surface area is 92.2 Å². The topological polar surface area (TPSA) is 37.3 Å². The van der Waals surface area contributed by atoms with Crippen LogP contribution >= 0.6 is 38.5 Å². The van der Waals surface area contributed by atoms with Crippen molar-refractivity contribution in [2.75, 3.05) is 0 Å². The summed E-state index contributed by atoms with van der Waals surface area (Å²) in [6.45, 7) is 1.49. The molecule has 1 N–H and O–H groups in total. The molecule has 0 unspecified atom stereocenters. The number of carbonyl (C=O) groups excluding carboxylic acids is 1. The minimum atomic E-state index is -0.0141. The predicted molar refractivity (Wildman–Crippen MR) is 58.5 cm³/mol. The van der Waals surface area contributed by atoms with Crippen LogP contribution in [0.2, 0.25) is 0 Å². The molecular weight excluding hydrogens is 335 g/mol. The molecule has 64 valence electrons. The fraction of sp³-hybridized carbons (Fsp3) is 0.125. The van der Waals surface area contributed by atoms with Crippen LogP contribution in [0.4, 0.5) is 0 Å². The highest BCUT2D eigenvalue weighted by Gasteiger charge is 2.10. The number of phenolic OH excluding ortho intramolecular Hbond substituents is 1. The molecule has 0 spiro atoms. The van der Waals surface area contributed by atoms with E-state index in [-0.39, 0.29) is 11.5 Å². The Morgan fingerprint density at radius 2 is 2.17 bits per heavy atom. The Hall–Kier alpha value is -0.100. The van der Waals surface area contributed by atoms with E-state index in [4.69, 9.17) is 0 Å². The zero-order valence-electron chi connectivity index (χ0n) is 6.27. The lowest BCUT2D eigenvalue weighted by Crippen LogP contribution is -1.94. The molecule has 0 atom stereocenters. The number of benzene rings is 1. The van der Waals surface area contributed by atoms with Gasteiger partial charge >= 0.3 is 0 Å². The van der Waals surface area contributed by atoms with Gasteiger partial charge in [-0.3, -0.25) is 4.79 Å². The van der Waals surface area contributed by atoms with Crippen LogP contribution in [0.15, 0.2) is 16.6 Å². The van der Waals surface area contributed by atoms with Gasteiger partial charge in [-0.25, -0.2) is 0 Å². The van der Waals surface area contributed by atoms with Gasteiger partial charge in [-0.05, 0) is 57.6 Å². The van der Waals surface area contributed by atoms with Crippen molar-refractivity contribution in [3.8, 4) is 5.75 Å². The summed E-state index contributed by atoms with van der Waals surface area (Å²) in [4.78, 5) is 11.0. The van der Waals surface area contributed by atoms with Crippen LogP contribution in [0.1, 0.15) is 17.3 Å². The summed E-state index contributed by atoms with van der Waals surface area (Å²) in [6, 6.07) is 3.12. The monoisotopic (exact) mass is 340 g/mol. The number of hydrogen-bond donors (Lipinski definition) is 1. The lowest BCUT2D eigenvalue weighted by atomic mass is 10.1. The molecule has 1 aromatic rings. The molecule has 0 bridgehead atoms. The van der Waals surface area contributed by atoms with E-state index in [1.54, 1.807) is 6.07 Å². The third-order valence-electron chi connectivity index (χ3n) is 1.44. The van der Waals surface area contributed by atoms with Crippen molar-refractivity contribution in [3.05, 3.63) is 25.7 Å². The number of aromatic hydroxyl groups is 1. The minimum Gasteiger partial charge on any atom is -0.507 e. The third kappa shape index (κ3) is 1.80. The summed E-state index contributed by atoms with van der Waals surface area (Å²) >= 11 is 5.22. The zero-order valence-corrected chi connectivity index (χ0v) is 10.0. The van der Waals surface area contributed by atoms with Gasteiger partial charge in [0.25, 0.3) is 0 Å². The summed E-state index contributed by atoms with van der Waals surface area (Å²) in [5.41, 5.74) is 0.595. The van der Waals surface area contributed by atoms with Crippen LogP contribution < -0.4 is 0 Å². The average molecular weight is 341 g/mol. The van der Waals surface area contributed by atoms with Crippen LogP contribution in [0.5, 0.6) is 5.75 Å². The third-order valence-corrected chi connectivity index (χ3v) is 4.10. The van der Waals surface area contributed by atoms with E-state index in [1.165, 1.54) is 13.0 Å². The Balaban J connectivity index is 3.36. The number of rotatable bonds is 1. The molecule has 1 rings (SSSR count).